The maximum Gasteiger partial charge on any atom is 0.263 e. The second-order valence-electron chi connectivity index (χ2n) is 7.20. The molecule has 2 aliphatic heterocycles. The summed E-state index contributed by atoms with van der Waals surface area (Å²) in [4.78, 5) is 30.7. The van der Waals surface area contributed by atoms with Gasteiger partial charge in [-0.25, -0.2) is 9.97 Å². The Balaban J connectivity index is 1.57. The highest BCUT2D eigenvalue weighted by Crippen LogP contribution is 2.35. The number of amides is 1. The number of benzene rings is 1. The lowest BCUT2D eigenvalue weighted by atomic mass is 10.1. The molecule has 1 aromatic carbocycles. The van der Waals surface area contributed by atoms with Crippen LogP contribution in [0.4, 0.5) is 11.5 Å². The number of nitriles is 1. The van der Waals surface area contributed by atoms with E-state index in [1.54, 1.807) is 11.1 Å². The number of aromatic nitrogens is 3. The van der Waals surface area contributed by atoms with Gasteiger partial charge in [-0.3, -0.25) is 4.79 Å². The van der Waals surface area contributed by atoms with E-state index >= 15 is 0 Å². The summed E-state index contributed by atoms with van der Waals surface area (Å²) in [6.45, 7) is 1.46. The van der Waals surface area contributed by atoms with E-state index < -0.39 is 0 Å². The Morgan fingerprint density at radius 3 is 3.03 bits per heavy atom. The topological polar surface area (TPSA) is 99.2 Å². The molecule has 0 saturated carbocycles. The van der Waals surface area contributed by atoms with Crippen molar-refractivity contribution in [1.29, 1.82) is 5.26 Å². The Labute approximate surface area is 177 Å². The Kier molecular flexibility index (Phi) is 4.64. The molecular weight excluding hydrogens is 400 g/mol. The molecule has 3 aromatic rings. The molecule has 0 spiro atoms. The summed E-state index contributed by atoms with van der Waals surface area (Å²) in [6, 6.07) is 9.65. The van der Waals surface area contributed by atoms with Crippen molar-refractivity contribution in [3.05, 3.63) is 48.0 Å². The van der Waals surface area contributed by atoms with E-state index in [1.807, 2.05) is 36.6 Å². The molecule has 0 aliphatic carbocycles. The van der Waals surface area contributed by atoms with Crippen LogP contribution in [0.1, 0.15) is 28.9 Å². The van der Waals surface area contributed by atoms with Gasteiger partial charge in [0.05, 0.1) is 0 Å². The molecule has 4 heterocycles. The van der Waals surface area contributed by atoms with Gasteiger partial charge in [0.15, 0.2) is 10.9 Å². The molecule has 8 nitrogen and oxygen atoms in total. The summed E-state index contributed by atoms with van der Waals surface area (Å²) in [5.74, 6) is 0.965. The van der Waals surface area contributed by atoms with Gasteiger partial charge in [0.1, 0.15) is 23.7 Å². The lowest BCUT2D eigenvalue weighted by Gasteiger charge is -2.27. The van der Waals surface area contributed by atoms with E-state index in [1.165, 1.54) is 18.0 Å². The van der Waals surface area contributed by atoms with Gasteiger partial charge in [-0.15, -0.1) is 0 Å². The Hall–Kier alpha value is -3.38. The van der Waals surface area contributed by atoms with Crippen molar-refractivity contribution in [2.75, 3.05) is 29.1 Å². The van der Waals surface area contributed by atoms with Crippen LogP contribution >= 0.6 is 11.8 Å². The maximum absolute atomic E-state index is 13.5. The molecular formula is C21H18N6O2S. The molecule has 1 saturated heterocycles. The second-order valence-corrected chi connectivity index (χ2v) is 7.97. The summed E-state index contributed by atoms with van der Waals surface area (Å²) in [5, 5.41) is 9.66. The molecule has 1 amide bonds. The minimum absolute atomic E-state index is 0.116. The fraction of sp³-hybridized carbons (Fsp3) is 0.286. The quantitative estimate of drug-likeness (QED) is 0.472. The second kappa shape index (κ2) is 7.46. The molecule has 1 fully saturated rings. The molecule has 2 aromatic heterocycles. The van der Waals surface area contributed by atoms with Crippen LogP contribution in [0.3, 0.4) is 0 Å². The van der Waals surface area contributed by atoms with Gasteiger partial charge in [-0.2, -0.15) is 10.2 Å². The molecule has 0 N–H and O–H groups in total. The standard InChI is InChI=1S/C21H18N6O2S/c1-30-21-23-10-17-18(25-21)26-7-3-6-16(26)11-27(20(17)28)15-5-2-4-13(8-15)19-24-14(9-22)12-29-19/h2,4-5,8,10,12,16H,3,6-7,11H2,1H3. The van der Waals surface area contributed by atoms with Crippen molar-refractivity contribution in [1.82, 2.24) is 15.0 Å². The number of carbonyl (C=O) groups excluding carboxylic acids is 1. The van der Waals surface area contributed by atoms with Gasteiger partial charge in [0.25, 0.3) is 5.91 Å². The Morgan fingerprint density at radius 1 is 1.33 bits per heavy atom. The Morgan fingerprint density at radius 2 is 2.23 bits per heavy atom. The first-order valence-corrected chi connectivity index (χ1v) is 10.9. The van der Waals surface area contributed by atoms with Crippen molar-refractivity contribution in [3.8, 4) is 17.5 Å². The molecule has 2 aliphatic rings. The summed E-state index contributed by atoms with van der Waals surface area (Å²) in [7, 11) is 0. The minimum atomic E-state index is -0.116. The van der Waals surface area contributed by atoms with Crippen LogP contribution in [0.5, 0.6) is 0 Å². The monoisotopic (exact) mass is 418 g/mol. The minimum Gasteiger partial charge on any atom is -0.443 e. The van der Waals surface area contributed by atoms with Gasteiger partial charge >= 0.3 is 0 Å². The summed E-state index contributed by atoms with van der Waals surface area (Å²) in [6.07, 6.45) is 6.97. The van der Waals surface area contributed by atoms with Gasteiger partial charge < -0.3 is 14.2 Å². The van der Waals surface area contributed by atoms with Gasteiger partial charge in [0, 0.05) is 36.6 Å². The number of anilines is 2. The summed E-state index contributed by atoms with van der Waals surface area (Å²) >= 11 is 1.47. The van der Waals surface area contributed by atoms with E-state index in [9.17, 15) is 4.79 Å². The van der Waals surface area contributed by atoms with E-state index in [-0.39, 0.29) is 17.6 Å². The number of carbonyl (C=O) groups is 1. The number of fused-ring (bicyclic) bond motifs is 3. The maximum atomic E-state index is 13.5. The van der Waals surface area contributed by atoms with Crippen LogP contribution < -0.4 is 9.80 Å². The van der Waals surface area contributed by atoms with E-state index in [0.29, 0.717) is 28.7 Å². The molecule has 9 heteroatoms. The highest BCUT2D eigenvalue weighted by atomic mass is 32.2. The first-order chi connectivity index (χ1) is 14.7. The molecule has 0 radical (unpaired) electrons. The van der Waals surface area contributed by atoms with Crippen molar-refractivity contribution in [3.63, 3.8) is 0 Å². The number of rotatable bonds is 3. The van der Waals surface area contributed by atoms with Crippen LogP contribution in [0, 0.1) is 11.3 Å². The predicted molar refractivity (Wildman–Crippen MR) is 113 cm³/mol. The van der Waals surface area contributed by atoms with Crippen LogP contribution in [0.2, 0.25) is 0 Å². The number of hydrogen-bond acceptors (Lipinski definition) is 8. The highest BCUT2D eigenvalue weighted by molar-refractivity contribution is 7.98. The van der Waals surface area contributed by atoms with Crippen molar-refractivity contribution >= 4 is 29.2 Å². The van der Waals surface area contributed by atoms with E-state index in [0.717, 1.165) is 30.9 Å². The first kappa shape index (κ1) is 18.6. The smallest absolute Gasteiger partial charge is 0.263 e. The van der Waals surface area contributed by atoms with Gasteiger partial charge in [0.2, 0.25) is 5.89 Å². The third-order valence-electron chi connectivity index (χ3n) is 5.47. The fourth-order valence-corrected chi connectivity index (χ4v) is 4.39. The van der Waals surface area contributed by atoms with Crippen LogP contribution in [0.15, 0.2) is 46.3 Å². The molecule has 5 rings (SSSR count). The third kappa shape index (κ3) is 3.09. The number of hydrogen-bond donors (Lipinski definition) is 0. The van der Waals surface area contributed by atoms with Gasteiger partial charge in [-0.1, -0.05) is 17.8 Å². The van der Waals surface area contributed by atoms with Crippen molar-refractivity contribution < 1.29 is 9.21 Å². The molecule has 1 unspecified atom stereocenters. The molecule has 1 atom stereocenters. The average molecular weight is 418 g/mol. The Bertz CT molecular complexity index is 1170. The molecule has 30 heavy (non-hydrogen) atoms. The fourth-order valence-electron chi connectivity index (χ4n) is 4.06. The lowest BCUT2D eigenvalue weighted by molar-refractivity contribution is 0.0988. The zero-order chi connectivity index (χ0) is 20.7. The number of nitrogens with zero attached hydrogens (tertiary/aromatic N) is 6. The van der Waals surface area contributed by atoms with E-state index in [4.69, 9.17) is 9.68 Å². The third-order valence-corrected chi connectivity index (χ3v) is 6.03. The normalized spacial score (nSPS) is 18.0. The SMILES string of the molecule is CSc1ncc2c(n1)N1CCCC1CN(c1cccc(-c3nc(C#N)co3)c1)C2=O. The van der Waals surface area contributed by atoms with Gasteiger partial charge in [-0.05, 0) is 37.3 Å². The molecule has 150 valence electrons. The van der Waals surface area contributed by atoms with Crippen LogP contribution in [0.25, 0.3) is 11.5 Å². The predicted octanol–water partition coefficient (Wildman–Crippen LogP) is 3.35. The largest absolute Gasteiger partial charge is 0.443 e. The summed E-state index contributed by atoms with van der Waals surface area (Å²) in [5.41, 5.74) is 2.20. The highest BCUT2D eigenvalue weighted by Gasteiger charge is 2.37. The number of thioether (sulfide) groups is 1. The number of oxazole rings is 1. The zero-order valence-corrected chi connectivity index (χ0v) is 17.1. The average Bonchev–Trinajstić information content (AvgIpc) is 3.44. The van der Waals surface area contributed by atoms with E-state index in [2.05, 4.69) is 19.9 Å². The summed E-state index contributed by atoms with van der Waals surface area (Å²) < 4.78 is 5.42. The van der Waals surface area contributed by atoms with Crippen LogP contribution in [-0.4, -0.2) is 46.2 Å². The first-order valence-electron chi connectivity index (χ1n) is 9.63. The van der Waals surface area contributed by atoms with Crippen LogP contribution in [-0.2, 0) is 0 Å². The van der Waals surface area contributed by atoms with Crippen molar-refractivity contribution in [2.45, 2.75) is 24.0 Å². The zero-order valence-electron chi connectivity index (χ0n) is 16.3. The molecule has 0 bridgehead atoms. The van der Waals surface area contributed by atoms with Crippen molar-refractivity contribution in [2.24, 2.45) is 0 Å². The lowest BCUT2D eigenvalue weighted by Crippen LogP contribution is -2.39.